The molecule has 0 N–H and O–H groups in total. The van der Waals surface area contributed by atoms with Crippen LogP contribution in [0.5, 0.6) is 0 Å². The minimum atomic E-state index is -2.40. The van der Waals surface area contributed by atoms with Gasteiger partial charge in [0.15, 0.2) is 0 Å². The van der Waals surface area contributed by atoms with Crippen LogP contribution < -0.4 is 0 Å². The Balaban J connectivity index is 1.78. The first-order valence-corrected chi connectivity index (χ1v) is 11.2. The fraction of sp³-hybridized carbons (Fsp3) is 0.680. The molecule has 1 saturated carbocycles. The molecule has 1 aliphatic carbocycles. The van der Waals surface area contributed by atoms with Crippen LogP contribution in [0, 0.1) is 11.8 Å². The molecule has 2 rings (SSSR count). The quantitative estimate of drug-likeness (QED) is 0.261. The Kier molecular flexibility index (Phi) is 10.8. The third kappa shape index (κ3) is 8.03. The average molecular weight is 393 g/mol. The van der Waals surface area contributed by atoms with Crippen LogP contribution in [0.1, 0.15) is 82.8 Å². The van der Waals surface area contributed by atoms with Gasteiger partial charge in [-0.25, -0.2) is 8.78 Å². The van der Waals surface area contributed by atoms with Crippen molar-refractivity contribution in [3.63, 3.8) is 0 Å². The van der Waals surface area contributed by atoms with Crippen molar-refractivity contribution < 1.29 is 13.5 Å². The van der Waals surface area contributed by atoms with Gasteiger partial charge in [0.1, 0.15) is 6.10 Å². The monoisotopic (exact) mass is 392 g/mol. The van der Waals surface area contributed by atoms with Crippen molar-refractivity contribution >= 4 is 0 Å². The molecule has 28 heavy (non-hydrogen) atoms. The lowest BCUT2D eigenvalue weighted by molar-refractivity contribution is -0.102. The third-order valence-corrected chi connectivity index (χ3v) is 6.12. The molecule has 0 radical (unpaired) electrons. The molecule has 1 aromatic carbocycles. The van der Waals surface area contributed by atoms with E-state index in [9.17, 15) is 8.78 Å². The van der Waals surface area contributed by atoms with E-state index in [-0.39, 0.29) is 12.5 Å². The standard InChI is InChI=1S/C25H38F2O/c1-3-5-7-9-20-11-13-22(14-12-20)19-28-24(25(26)27)23-17-15-21(16-18-23)10-8-6-4-2/h4,6,11-14,21,23-25H,3,5,7-10,15-19H2,1-2H3/b6-4+. The zero-order valence-corrected chi connectivity index (χ0v) is 17.7. The zero-order chi connectivity index (χ0) is 20.2. The van der Waals surface area contributed by atoms with Crippen molar-refractivity contribution in [2.75, 3.05) is 0 Å². The molecular formula is C25H38F2O. The first-order chi connectivity index (χ1) is 13.6. The summed E-state index contributed by atoms with van der Waals surface area (Å²) in [6, 6.07) is 8.29. The lowest BCUT2D eigenvalue weighted by Gasteiger charge is -2.33. The van der Waals surface area contributed by atoms with E-state index in [1.165, 1.54) is 31.2 Å². The Bertz CT molecular complexity index is 544. The molecule has 0 heterocycles. The normalized spacial score (nSPS) is 21.5. The Labute approximate surface area is 170 Å². The summed E-state index contributed by atoms with van der Waals surface area (Å²) in [7, 11) is 0. The molecule has 1 nitrogen and oxygen atoms in total. The van der Waals surface area contributed by atoms with Gasteiger partial charge in [0.2, 0.25) is 0 Å². The summed E-state index contributed by atoms with van der Waals surface area (Å²) in [5, 5.41) is 0. The topological polar surface area (TPSA) is 9.23 Å². The number of ether oxygens (including phenoxy) is 1. The Morgan fingerprint density at radius 1 is 1.04 bits per heavy atom. The van der Waals surface area contributed by atoms with Gasteiger partial charge in [-0.15, -0.1) is 0 Å². The molecule has 0 aliphatic heterocycles. The van der Waals surface area contributed by atoms with Gasteiger partial charge in [-0.05, 0) is 68.4 Å². The number of alkyl halides is 2. The number of hydrogen-bond acceptors (Lipinski definition) is 1. The van der Waals surface area contributed by atoms with Crippen molar-refractivity contribution in [1.82, 2.24) is 0 Å². The van der Waals surface area contributed by atoms with Gasteiger partial charge in [-0.3, -0.25) is 0 Å². The van der Waals surface area contributed by atoms with Gasteiger partial charge in [0.25, 0.3) is 6.43 Å². The molecule has 0 spiro atoms. The molecule has 1 unspecified atom stereocenters. The van der Waals surface area contributed by atoms with Gasteiger partial charge >= 0.3 is 0 Å². The van der Waals surface area contributed by atoms with Gasteiger partial charge in [-0.2, -0.15) is 0 Å². The number of rotatable bonds is 12. The average Bonchev–Trinajstić information content (AvgIpc) is 2.70. The summed E-state index contributed by atoms with van der Waals surface area (Å²) in [6.45, 7) is 4.53. The summed E-state index contributed by atoms with van der Waals surface area (Å²) in [6.07, 6.45) is 11.9. The number of hydrogen-bond donors (Lipinski definition) is 0. The number of allylic oxidation sites excluding steroid dienone is 2. The summed E-state index contributed by atoms with van der Waals surface area (Å²) < 4.78 is 33.0. The van der Waals surface area contributed by atoms with Crippen LogP contribution >= 0.6 is 0 Å². The number of unbranched alkanes of at least 4 members (excludes halogenated alkanes) is 2. The lowest BCUT2D eigenvalue weighted by Crippen LogP contribution is -2.34. The van der Waals surface area contributed by atoms with E-state index in [1.54, 1.807) is 0 Å². The van der Waals surface area contributed by atoms with E-state index in [0.717, 1.165) is 44.1 Å². The molecule has 3 heteroatoms. The van der Waals surface area contributed by atoms with Crippen molar-refractivity contribution in [1.29, 1.82) is 0 Å². The fourth-order valence-corrected chi connectivity index (χ4v) is 4.29. The predicted octanol–water partition coefficient (Wildman–Crippen LogP) is 7.73. The highest BCUT2D eigenvalue weighted by Crippen LogP contribution is 2.36. The van der Waals surface area contributed by atoms with Crippen LogP contribution in [0.4, 0.5) is 8.78 Å². The first-order valence-electron chi connectivity index (χ1n) is 11.2. The number of aryl methyl sites for hydroxylation is 1. The molecule has 0 saturated heterocycles. The zero-order valence-electron chi connectivity index (χ0n) is 17.7. The predicted molar refractivity (Wildman–Crippen MR) is 114 cm³/mol. The van der Waals surface area contributed by atoms with Crippen molar-refractivity contribution in [2.24, 2.45) is 11.8 Å². The van der Waals surface area contributed by atoms with E-state index in [0.29, 0.717) is 5.92 Å². The van der Waals surface area contributed by atoms with Crippen molar-refractivity contribution in [3.8, 4) is 0 Å². The van der Waals surface area contributed by atoms with Gasteiger partial charge in [0.05, 0.1) is 6.61 Å². The second-order valence-corrected chi connectivity index (χ2v) is 8.31. The smallest absolute Gasteiger partial charge is 0.264 e. The highest BCUT2D eigenvalue weighted by molar-refractivity contribution is 5.22. The van der Waals surface area contributed by atoms with Crippen LogP contribution in [-0.4, -0.2) is 12.5 Å². The summed E-state index contributed by atoms with van der Waals surface area (Å²) in [4.78, 5) is 0. The fourth-order valence-electron chi connectivity index (χ4n) is 4.29. The largest absolute Gasteiger partial charge is 0.367 e. The van der Waals surface area contributed by atoms with E-state index in [1.807, 2.05) is 19.1 Å². The SMILES string of the molecule is C/C=C/CCC1CCC(C(OCc2ccc(CCCCC)cc2)C(F)F)CC1. The Hall–Kier alpha value is -1.22. The maximum absolute atomic E-state index is 13.6. The lowest BCUT2D eigenvalue weighted by atomic mass is 9.77. The van der Waals surface area contributed by atoms with E-state index in [4.69, 9.17) is 4.74 Å². The molecule has 1 aliphatic rings. The second-order valence-electron chi connectivity index (χ2n) is 8.31. The Morgan fingerprint density at radius 2 is 1.71 bits per heavy atom. The third-order valence-electron chi connectivity index (χ3n) is 6.12. The summed E-state index contributed by atoms with van der Waals surface area (Å²) in [5.74, 6) is 0.678. The highest BCUT2D eigenvalue weighted by atomic mass is 19.3. The minimum Gasteiger partial charge on any atom is -0.367 e. The first kappa shape index (κ1) is 23.1. The van der Waals surface area contributed by atoms with Crippen LogP contribution in [-0.2, 0) is 17.8 Å². The van der Waals surface area contributed by atoms with Crippen LogP contribution in [0.3, 0.4) is 0 Å². The molecule has 0 aromatic heterocycles. The maximum Gasteiger partial charge on any atom is 0.264 e. The van der Waals surface area contributed by atoms with Gasteiger partial charge < -0.3 is 4.74 Å². The molecule has 158 valence electrons. The molecule has 1 aromatic rings. The molecule has 1 fully saturated rings. The van der Waals surface area contributed by atoms with Crippen molar-refractivity contribution in [3.05, 3.63) is 47.5 Å². The Morgan fingerprint density at radius 3 is 2.32 bits per heavy atom. The number of benzene rings is 1. The van der Waals surface area contributed by atoms with E-state index in [2.05, 4.69) is 31.2 Å². The van der Waals surface area contributed by atoms with Gasteiger partial charge in [-0.1, -0.05) is 69.0 Å². The van der Waals surface area contributed by atoms with Crippen LogP contribution in [0.2, 0.25) is 0 Å². The summed E-state index contributed by atoms with van der Waals surface area (Å²) >= 11 is 0. The maximum atomic E-state index is 13.6. The highest BCUT2D eigenvalue weighted by Gasteiger charge is 2.33. The summed E-state index contributed by atoms with van der Waals surface area (Å²) in [5.41, 5.74) is 2.31. The number of halogens is 2. The molecule has 0 bridgehead atoms. The van der Waals surface area contributed by atoms with E-state index < -0.39 is 12.5 Å². The van der Waals surface area contributed by atoms with Crippen molar-refractivity contribution in [2.45, 2.75) is 97.2 Å². The minimum absolute atomic E-state index is 0.00807. The second kappa shape index (κ2) is 13.1. The molecule has 1 atom stereocenters. The van der Waals surface area contributed by atoms with Crippen LogP contribution in [0.15, 0.2) is 36.4 Å². The van der Waals surface area contributed by atoms with E-state index >= 15 is 0 Å². The van der Waals surface area contributed by atoms with Gasteiger partial charge in [0, 0.05) is 0 Å². The molecular weight excluding hydrogens is 354 g/mol. The molecule has 0 amide bonds. The van der Waals surface area contributed by atoms with Crippen LogP contribution in [0.25, 0.3) is 0 Å².